The minimum atomic E-state index is -0.150. The first-order chi connectivity index (χ1) is 11.2. The Bertz CT molecular complexity index is 707. The number of benzene rings is 1. The molecule has 2 amide bonds. The van der Waals surface area contributed by atoms with Gasteiger partial charge in [-0.15, -0.1) is 6.58 Å². The van der Waals surface area contributed by atoms with Crippen LogP contribution in [0.25, 0.3) is 10.9 Å². The van der Waals surface area contributed by atoms with Gasteiger partial charge >= 0.3 is 6.03 Å². The third kappa shape index (κ3) is 3.56. The molecular weight excluding hydrogens is 290 g/mol. The van der Waals surface area contributed by atoms with Crippen molar-refractivity contribution in [1.82, 2.24) is 15.6 Å². The number of carbonyl (C=O) groups is 1. The minimum absolute atomic E-state index is 0.0169. The summed E-state index contributed by atoms with van der Waals surface area (Å²) in [6.07, 6.45) is 5.29. The Hall–Kier alpha value is -2.27. The molecule has 1 aliphatic rings. The van der Waals surface area contributed by atoms with E-state index in [9.17, 15) is 4.79 Å². The molecule has 5 heteroatoms. The number of H-pyrrole nitrogens is 1. The number of hydrogen-bond donors (Lipinski definition) is 3. The van der Waals surface area contributed by atoms with Gasteiger partial charge in [-0.3, -0.25) is 0 Å². The second-order valence-electron chi connectivity index (χ2n) is 5.98. The number of rotatable bonds is 5. The summed E-state index contributed by atoms with van der Waals surface area (Å²) in [5.74, 6) is 0. The van der Waals surface area contributed by atoms with Crippen molar-refractivity contribution < 1.29 is 9.53 Å². The van der Waals surface area contributed by atoms with Gasteiger partial charge in [-0.25, -0.2) is 4.79 Å². The van der Waals surface area contributed by atoms with E-state index in [1.807, 2.05) is 6.20 Å². The van der Waals surface area contributed by atoms with E-state index in [1.165, 1.54) is 16.5 Å². The number of nitrogens with one attached hydrogen (secondary N) is 3. The van der Waals surface area contributed by atoms with Crippen LogP contribution >= 0.6 is 0 Å². The highest BCUT2D eigenvalue weighted by Gasteiger charge is 2.26. The van der Waals surface area contributed by atoms with Gasteiger partial charge in [0.05, 0.1) is 12.1 Å². The first-order valence-electron chi connectivity index (χ1n) is 8.02. The standard InChI is InChI=1S/C18H23N3O2/c1-3-17-16(7-9-23-17)21-18(22)19-8-6-13-11-20-15-5-4-12(2)10-14(13)15/h3-5,10-11,16-17,20H,1,6-9H2,2H3,(H2,19,21,22)/t16-,17+/m1/s1. The number of amides is 2. The zero-order chi connectivity index (χ0) is 16.2. The third-order valence-electron chi connectivity index (χ3n) is 4.29. The van der Waals surface area contributed by atoms with Gasteiger partial charge in [0.2, 0.25) is 0 Å². The number of urea groups is 1. The quantitative estimate of drug-likeness (QED) is 0.743. The molecule has 1 saturated heterocycles. The summed E-state index contributed by atoms with van der Waals surface area (Å²) in [6, 6.07) is 6.22. The minimum Gasteiger partial charge on any atom is -0.372 e. The van der Waals surface area contributed by atoms with Gasteiger partial charge in [0.25, 0.3) is 0 Å². The molecule has 0 saturated carbocycles. The maximum Gasteiger partial charge on any atom is 0.315 e. The Morgan fingerprint density at radius 2 is 2.39 bits per heavy atom. The fraction of sp³-hybridized carbons (Fsp3) is 0.389. The lowest BCUT2D eigenvalue weighted by atomic mass is 10.1. The lowest BCUT2D eigenvalue weighted by molar-refractivity contribution is 0.135. The van der Waals surface area contributed by atoms with Crippen LogP contribution in [0.1, 0.15) is 17.5 Å². The Balaban J connectivity index is 1.51. The molecule has 5 nitrogen and oxygen atoms in total. The summed E-state index contributed by atoms with van der Waals surface area (Å²) < 4.78 is 5.47. The average molecular weight is 313 g/mol. The second-order valence-corrected chi connectivity index (χ2v) is 5.98. The monoisotopic (exact) mass is 313 g/mol. The van der Waals surface area contributed by atoms with Crippen molar-refractivity contribution in [2.75, 3.05) is 13.2 Å². The van der Waals surface area contributed by atoms with Crippen LogP contribution in [-0.2, 0) is 11.2 Å². The Morgan fingerprint density at radius 1 is 1.52 bits per heavy atom. The van der Waals surface area contributed by atoms with Gasteiger partial charge in [0.15, 0.2) is 0 Å². The maximum atomic E-state index is 12.0. The van der Waals surface area contributed by atoms with Gasteiger partial charge < -0.3 is 20.4 Å². The number of hydrogen-bond acceptors (Lipinski definition) is 2. The van der Waals surface area contributed by atoms with Gasteiger partial charge in [0, 0.05) is 30.3 Å². The Kier molecular flexibility index (Phi) is 4.67. The van der Waals surface area contributed by atoms with Crippen molar-refractivity contribution in [3.63, 3.8) is 0 Å². The number of aromatic amines is 1. The van der Waals surface area contributed by atoms with Crippen molar-refractivity contribution in [2.45, 2.75) is 31.9 Å². The van der Waals surface area contributed by atoms with Crippen molar-refractivity contribution in [1.29, 1.82) is 0 Å². The molecule has 1 aromatic carbocycles. The fourth-order valence-corrected chi connectivity index (χ4v) is 3.03. The first-order valence-corrected chi connectivity index (χ1v) is 8.02. The molecule has 0 radical (unpaired) electrons. The van der Waals surface area contributed by atoms with E-state index in [-0.39, 0.29) is 18.2 Å². The highest BCUT2D eigenvalue weighted by atomic mass is 16.5. The molecule has 0 spiro atoms. The summed E-state index contributed by atoms with van der Waals surface area (Å²) in [7, 11) is 0. The summed E-state index contributed by atoms with van der Waals surface area (Å²) in [4.78, 5) is 15.3. The van der Waals surface area contributed by atoms with Crippen molar-refractivity contribution in [3.8, 4) is 0 Å². The zero-order valence-corrected chi connectivity index (χ0v) is 13.4. The molecule has 2 aromatic rings. The molecule has 2 heterocycles. The van der Waals surface area contributed by atoms with Crippen LogP contribution in [0.2, 0.25) is 0 Å². The van der Waals surface area contributed by atoms with Gasteiger partial charge in [-0.05, 0) is 37.5 Å². The molecule has 1 fully saturated rings. The van der Waals surface area contributed by atoms with Crippen LogP contribution in [0.3, 0.4) is 0 Å². The average Bonchev–Trinajstić information content (AvgIpc) is 3.14. The van der Waals surface area contributed by atoms with Gasteiger partial charge in [0.1, 0.15) is 0 Å². The summed E-state index contributed by atoms with van der Waals surface area (Å²) in [5.41, 5.74) is 3.59. The van der Waals surface area contributed by atoms with Crippen LogP contribution in [0.4, 0.5) is 4.79 Å². The van der Waals surface area contributed by atoms with Crippen molar-refractivity contribution in [2.24, 2.45) is 0 Å². The van der Waals surface area contributed by atoms with Crippen LogP contribution in [0, 0.1) is 6.92 Å². The molecule has 3 N–H and O–H groups in total. The smallest absolute Gasteiger partial charge is 0.315 e. The van der Waals surface area contributed by atoms with Crippen molar-refractivity contribution in [3.05, 3.63) is 48.2 Å². The topological polar surface area (TPSA) is 66.2 Å². The van der Waals surface area contributed by atoms with Crippen LogP contribution < -0.4 is 10.6 Å². The van der Waals surface area contributed by atoms with E-state index < -0.39 is 0 Å². The fourth-order valence-electron chi connectivity index (χ4n) is 3.03. The molecule has 1 aromatic heterocycles. The lowest BCUT2D eigenvalue weighted by Gasteiger charge is -2.17. The number of carbonyl (C=O) groups excluding carboxylic acids is 1. The summed E-state index contributed by atoms with van der Waals surface area (Å²) in [6.45, 7) is 7.08. The van der Waals surface area contributed by atoms with Crippen LogP contribution in [0.15, 0.2) is 37.1 Å². The van der Waals surface area contributed by atoms with E-state index in [4.69, 9.17) is 4.74 Å². The highest BCUT2D eigenvalue weighted by molar-refractivity contribution is 5.84. The van der Waals surface area contributed by atoms with Crippen LogP contribution in [0.5, 0.6) is 0 Å². The number of ether oxygens (including phenoxy) is 1. The van der Waals surface area contributed by atoms with Gasteiger partial charge in [-0.2, -0.15) is 0 Å². The van der Waals surface area contributed by atoms with E-state index >= 15 is 0 Å². The molecule has 0 bridgehead atoms. The highest BCUT2D eigenvalue weighted by Crippen LogP contribution is 2.19. The third-order valence-corrected chi connectivity index (χ3v) is 4.29. The van der Waals surface area contributed by atoms with E-state index in [2.05, 4.69) is 47.3 Å². The van der Waals surface area contributed by atoms with Gasteiger partial charge in [-0.1, -0.05) is 17.7 Å². The SMILES string of the molecule is C=C[C@@H]1OCC[C@H]1NC(=O)NCCc1c[nH]c2ccc(C)cc12. The molecular formula is C18H23N3O2. The van der Waals surface area contributed by atoms with E-state index in [0.29, 0.717) is 13.2 Å². The molecule has 1 aliphatic heterocycles. The first kappa shape index (κ1) is 15.6. The van der Waals surface area contributed by atoms with Crippen LogP contribution in [-0.4, -0.2) is 36.3 Å². The van der Waals surface area contributed by atoms with E-state index in [0.717, 1.165) is 18.4 Å². The predicted octanol–water partition coefficient (Wildman–Crippen LogP) is 2.66. The predicted molar refractivity (Wildman–Crippen MR) is 91.6 cm³/mol. The largest absolute Gasteiger partial charge is 0.372 e. The summed E-state index contributed by atoms with van der Waals surface area (Å²) in [5, 5.41) is 7.10. The maximum absolute atomic E-state index is 12.0. The normalized spacial score (nSPS) is 20.6. The number of aryl methyl sites for hydroxylation is 1. The molecule has 2 atom stereocenters. The number of aromatic nitrogens is 1. The van der Waals surface area contributed by atoms with E-state index in [1.54, 1.807) is 6.08 Å². The zero-order valence-electron chi connectivity index (χ0n) is 13.4. The molecule has 122 valence electrons. The molecule has 0 unspecified atom stereocenters. The summed E-state index contributed by atoms with van der Waals surface area (Å²) >= 11 is 0. The second kappa shape index (κ2) is 6.87. The number of fused-ring (bicyclic) bond motifs is 1. The molecule has 0 aliphatic carbocycles. The molecule has 23 heavy (non-hydrogen) atoms. The Morgan fingerprint density at radius 3 is 3.22 bits per heavy atom. The lowest BCUT2D eigenvalue weighted by Crippen LogP contribution is -2.45. The van der Waals surface area contributed by atoms with Crippen molar-refractivity contribution >= 4 is 16.9 Å². The molecule has 3 rings (SSSR count). The Labute approximate surface area is 136 Å².